The van der Waals surface area contributed by atoms with E-state index in [1.165, 1.54) is 17.5 Å². The highest BCUT2D eigenvalue weighted by Gasteiger charge is 2.31. The largest absolute Gasteiger partial charge is 0.365 e. The summed E-state index contributed by atoms with van der Waals surface area (Å²) in [5, 5.41) is 4.82. The van der Waals surface area contributed by atoms with E-state index in [-0.39, 0.29) is 11.9 Å². The van der Waals surface area contributed by atoms with E-state index in [1.54, 1.807) is 24.1 Å². The lowest BCUT2D eigenvalue weighted by molar-refractivity contribution is 0.0611. The smallest absolute Gasteiger partial charge is 0.260 e. The molecule has 7 nitrogen and oxygen atoms in total. The van der Waals surface area contributed by atoms with E-state index in [0.717, 1.165) is 24.3 Å². The molecule has 116 valence electrons. The number of aromatic nitrogens is 3. The van der Waals surface area contributed by atoms with Gasteiger partial charge in [0, 0.05) is 19.8 Å². The van der Waals surface area contributed by atoms with Crippen molar-refractivity contribution in [1.82, 2.24) is 19.7 Å². The zero-order chi connectivity index (χ0) is 15.7. The van der Waals surface area contributed by atoms with Gasteiger partial charge in [-0.3, -0.25) is 14.3 Å². The van der Waals surface area contributed by atoms with Crippen LogP contribution < -0.4 is 5.73 Å². The van der Waals surface area contributed by atoms with Crippen LogP contribution in [0.25, 0.3) is 0 Å². The van der Waals surface area contributed by atoms with E-state index < -0.39 is 5.91 Å². The summed E-state index contributed by atoms with van der Waals surface area (Å²) in [6.45, 7) is 0.684. The van der Waals surface area contributed by atoms with Gasteiger partial charge in [0.05, 0.1) is 24.0 Å². The van der Waals surface area contributed by atoms with Crippen molar-refractivity contribution in [3.63, 3.8) is 0 Å². The normalized spacial score (nSPS) is 18.4. The first-order valence-electron chi connectivity index (χ1n) is 7.11. The molecule has 2 aromatic rings. The monoisotopic (exact) mass is 319 g/mol. The SMILES string of the molecule is Cn1cc(C(=O)N2CCCC[C@@H]2c2ncc(C(N)=O)s2)cn1. The Labute approximate surface area is 131 Å². The fraction of sp³-hybridized carbons (Fsp3) is 0.429. The molecule has 1 aliphatic rings. The molecule has 0 aliphatic carbocycles. The Morgan fingerprint density at radius 1 is 1.36 bits per heavy atom. The molecule has 0 aromatic carbocycles. The summed E-state index contributed by atoms with van der Waals surface area (Å²) in [6.07, 6.45) is 7.63. The van der Waals surface area contributed by atoms with E-state index in [9.17, 15) is 9.59 Å². The van der Waals surface area contributed by atoms with Crippen LogP contribution in [0.1, 0.15) is 50.3 Å². The second-order valence-corrected chi connectivity index (χ2v) is 6.40. The molecule has 2 aromatic heterocycles. The van der Waals surface area contributed by atoms with Gasteiger partial charge in [-0.2, -0.15) is 5.10 Å². The zero-order valence-electron chi connectivity index (χ0n) is 12.2. The fourth-order valence-corrected chi connectivity index (χ4v) is 3.60. The number of rotatable bonds is 3. The Hall–Kier alpha value is -2.22. The van der Waals surface area contributed by atoms with Crippen LogP contribution in [0.5, 0.6) is 0 Å². The van der Waals surface area contributed by atoms with Crippen LogP contribution in [0.2, 0.25) is 0 Å². The number of thiazole rings is 1. The lowest BCUT2D eigenvalue weighted by atomic mass is 10.0. The number of carbonyl (C=O) groups is 2. The molecular formula is C14H17N5O2S. The standard InChI is InChI=1S/C14H17N5O2S/c1-18-8-9(6-17-18)14(21)19-5-3-2-4-10(19)13-16-7-11(22-13)12(15)20/h6-8,10H,2-5H2,1H3,(H2,15,20)/t10-/m1/s1. The quantitative estimate of drug-likeness (QED) is 0.923. The first kappa shape index (κ1) is 14.7. The Kier molecular flexibility index (Phi) is 3.93. The Morgan fingerprint density at radius 2 is 2.18 bits per heavy atom. The second kappa shape index (κ2) is 5.88. The molecule has 0 radical (unpaired) electrons. The summed E-state index contributed by atoms with van der Waals surface area (Å²) < 4.78 is 1.61. The van der Waals surface area contributed by atoms with E-state index in [0.29, 0.717) is 17.0 Å². The maximum absolute atomic E-state index is 12.7. The Balaban J connectivity index is 1.87. The highest BCUT2D eigenvalue weighted by molar-refractivity contribution is 7.13. The van der Waals surface area contributed by atoms with Crippen molar-refractivity contribution in [3.8, 4) is 0 Å². The first-order valence-corrected chi connectivity index (χ1v) is 7.93. The number of carbonyl (C=O) groups excluding carboxylic acids is 2. The van der Waals surface area contributed by atoms with E-state index >= 15 is 0 Å². The molecule has 0 spiro atoms. The first-order chi connectivity index (χ1) is 10.6. The minimum atomic E-state index is -0.482. The molecule has 2 N–H and O–H groups in total. The molecule has 1 saturated heterocycles. The van der Waals surface area contributed by atoms with Gasteiger partial charge >= 0.3 is 0 Å². The number of primary amides is 1. The second-order valence-electron chi connectivity index (χ2n) is 5.34. The molecule has 0 unspecified atom stereocenters. The van der Waals surface area contributed by atoms with Crippen LogP contribution in [0, 0.1) is 0 Å². The van der Waals surface area contributed by atoms with Gasteiger partial charge in [0.15, 0.2) is 0 Å². The summed E-state index contributed by atoms with van der Waals surface area (Å²) in [5.74, 6) is -0.529. The maximum Gasteiger partial charge on any atom is 0.260 e. The van der Waals surface area contributed by atoms with E-state index in [4.69, 9.17) is 5.73 Å². The van der Waals surface area contributed by atoms with Crippen molar-refractivity contribution < 1.29 is 9.59 Å². The maximum atomic E-state index is 12.7. The third-order valence-corrected chi connectivity index (χ3v) is 4.88. The number of likely N-dealkylation sites (tertiary alicyclic amines) is 1. The van der Waals surface area contributed by atoms with Crippen molar-refractivity contribution in [3.05, 3.63) is 34.0 Å². The molecule has 1 fully saturated rings. The highest BCUT2D eigenvalue weighted by atomic mass is 32.1. The minimum Gasteiger partial charge on any atom is -0.365 e. The van der Waals surface area contributed by atoms with Gasteiger partial charge in [-0.15, -0.1) is 11.3 Å². The van der Waals surface area contributed by atoms with Gasteiger partial charge in [-0.1, -0.05) is 0 Å². The van der Waals surface area contributed by atoms with Crippen molar-refractivity contribution in [2.75, 3.05) is 6.54 Å². The van der Waals surface area contributed by atoms with Crippen molar-refractivity contribution in [1.29, 1.82) is 0 Å². The van der Waals surface area contributed by atoms with Crippen LogP contribution in [0.4, 0.5) is 0 Å². The molecule has 0 bridgehead atoms. The highest BCUT2D eigenvalue weighted by Crippen LogP contribution is 2.34. The summed E-state index contributed by atoms with van der Waals surface area (Å²) in [5.41, 5.74) is 5.86. The van der Waals surface area contributed by atoms with Crippen molar-refractivity contribution >= 4 is 23.2 Å². The van der Waals surface area contributed by atoms with E-state index in [1.807, 2.05) is 4.90 Å². The Bertz CT molecular complexity index is 708. The molecule has 3 heterocycles. The van der Waals surface area contributed by atoms with E-state index in [2.05, 4.69) is 10.1 Å². The summed E-state index contributed by atoms with van der Waals surface area (Å²) in [6, 6.07) is -0.0976. The van der Waals surface area contributed by atoms with Gasteiger partial charge < -0.3 is 10.6 Å². The predicted octanol–water partition coefficient (Wildman–Crippen LogP) is 1.34. The van der Waals surface area contributed by atoms with Crippen LogP contribution in [0.15, 0.2) is 18.6 Å². The van der Waals surface area contributed by atoms with Gasteiger partial charge in [-0.05, 0) is 19.3 Å². The minimum absolute atomic E-state index is 0.0476. The average molecular weight is 319 g/mol. The van der Waals surface area contributed by atoms with Crippen molar-refractivity contribution in [2.24, 2.45) is 12.8 Å². The number of nitrogens with two attached hydrogens (primary N) is 1. The lowest BCUT2D eigenvalue weighted by Gasteiger charge is -2.34. The molecule has 22 heavy (non-hydrogen) atoms. The predicted molar refractivity (Wildman–Crippen MR) is 81.5 cm³/mol. The number of aryl methyl sites for hydroxylation is 1. The van der Waals surface area contributed by atoms with Gasteiger partial charge in [0.2, 0.25) is 0 Å². The molecule has 3 rings (SSSR count). The van der Waals surface area contributed by atoms with Crippen LogP contribution in [-0.4, -0.2) is 38.0 Å². The summed E-state index contributed by atoms with van der Waals surface area (Å²) in [4.78, 5) is 30.5. The molecule has 0 saturated carbocycles. The van der Waals surface area contributed by atoms with Crippen LogP contribution >= 0.6 is 11.3 Å². The molecule has 1 atom stereocenters. The number of nitrogens with zero attached hydrogens (tertiary/aromatic N) is 4. The van der Waals surface area contributed by atoms with Crippen LogP contribution in [0.3, 0.4) is 0 Å². The Morgan fingerprint density at radius 3 is 2.82 bits per heavy atom. The fourth-order valence-electron chi connectivity index (χ4n) is 2.68. The molecule has 8 heteroatoms. The van der Waals surface area contributed by atoms with Gasteiger partial charge in [0.25, 0.3) is 11.8 Å². The summed E-state index contributed by atoms with van der Waals surface area (Å²) in [7, 11) is 1.78. The lowest BCUT2D eigenvalue weighted by Crippen LogP contribution is -2.38. The average Bonchev–Trinajstić information content (AvgIpc) is 3.15. The number of hydrogen-bond acceptors (Lipinski definition) is 5. The van der Waals surface area contributed by atoms with Gasteiger partial charge in [0.1, 0.15) is 9.88 Å². The molecular weight excluding hydrogens is 302 g/mol. The third kappa shape index (κ3) is 2.74. The zero-order valence-corrected chi connectivity index (χ0v) is 13.0. The van der Waals surface area contributed by atoms with Crippen LogP contribution in [-0.2, 0) is 7.05 Å². The topological polar surface area (TPSA) is 94.1 Å². The number of hydrogen-bond donors (Lipinski definition) is 1. The third-order valence-electron chi connectivity index (χ3n) is 3.77. The number of amides is 2. The summed E-state index contributed by atoms with van der Waals surface area (Å²) >= 11 is 1.27. The molecule has 1 aliphatic heterocycles. The van der Waals surface area contributed by atoms with Crippen molar-refractivity contribution in [2.45, 2.75) is 25.3 Å². The van der Waals surface area contributed by atoms with Gasteiger partial charge in [-0.25, -0.2) is 4.98 Å². The molecule has 2 amide bonds. The number of piperidine rings is 1.